The molecule has 2 N–H and O–H groups in total. The van der Waals surface area contributed by atoms with Gasteiger partial charge in [-0.15, -0.1) is 0 Å². The fourth-order valence-electron chi connectivity index (χ4n) is 3.95. The number of aromatic nitrogens is 2. The van der Waals surface area contributed by atoms with E-state index in [-0.39, 0.29) is 17.9 Å². The van der Waals surface area contributed by atoms with Crippen LogP contribution in [0.1, 0.15) is 16.7 Å². The Bertz CT molecular complexity index is 1540. The lowest BCUT2D eigenvalue weighted by Gasteiger charge is -2.13. The maximum absolute atomic E-state index is 14.1. The van der Waals surface area contributed by atoms with E-state index in [9.17, 15) is 9.18 Å². The van der Waals surface area contributed by atoms with E-state index in [1.807, 2.05) is 37.3 Å². The van der Waals surface area contributed by atoms with E-state index in [0.717, 1.165) is 27.9 Å². The molecule has 0 bridgehead atoms. The van der Waals surface area contributed by atoms with Crippen molar-refractivity contribution < 1.29 is 13.9 Å². The molecule has 0 fully saturated rings. The first kappa shape index (κ1) is 24.7. The molecule has 36 heavy (non-hydrogen) atoms. The minimum atomic E-state index is -0.415. The summed E-state index contributed by atoms with van der Waals surface area (Å²) < 4.78 is 26.6. The minimum absolute atomic E-state index is 0.117. The molecule has 0 amide bonds. The monoisotopic (exact) mass is 486 g/mol. The zero-order chi connectivity index (χ0) is 25.8. The molecule has 184 valence electrons. The fraction of sp³-hybridized carbons (Fsp3) is 0.179. The number of hydrogen-bond acceptors (Lipinski definition) is 6. The van der Waals surface area contributed by atoms with Crippen molar-refractivity contribution in [2.45, 2.75) is 13.5 Å². The topological polar surface area (TPSA) is 91.7 Å². The maximum atomic E-state index is 14.1. The van der Waals surface area contributed by atoms with Crippen LogP contribution in [0.15, 0.2) is 76.8 Å². The molecule has 8 heteroatoms. The Balaban J connectivity index is 1.54. The Labute approximate surface area is 208 Å². The standard InChI is InChI=1S/C28H27FN4O3/c1-17-11-21-12-23(29)25(35-4)13-24(21)32-27(17)19-7-5-18(6-8-19)16-36-28(31-2)22(14-30)20-9-10-26(34)33(3)15-20/h5-15H,16,30H2,1-4H3/b22-14-,31-28?. The highest BCUT2D eigenvalue weighted by atomic mass is 19.1. The third-order valence-corrected chi connectivity index (χ3v) is 5.88. The van der Waals surface area contributed by atoms with E-state index in [1.165, 1.54) is 30.0 Å². The second kappa shape index (κ2) is 10.4. The molecule has 2 heterocycles. The van der Waals surface area contributed by atoms with Gasteiger partial charge in [-0.3, -0.25) is 9.79 Å². The summed E-state index contributed by atoms with van der Waals surface area (Å²) in [4.78, 5) is 20.7. The number of fused-ring (bicyclic) bond motifs is 1. The van der Waals surface area contributed by atoms with Gasteiger partial charge in [0.05, 0.1) is 23.9 Å². The molecule has 7 nitrogen and oxygen atoms in total. The number of benzene rings is 2. The number of rotatable bonds is 6. The highest BCUT2D eigenvalue weighted by Gasteiger charge is 2.13. The summed E-state index contributed by atoms with van der Waals surface area (Å²) in [5.41, 5.74) is 11.3. The molecule has 0 radical (unpaired) electrons. The second-order valence-corrected chi connectivity index (χ2v) is 8.29. The summed E-state index contributed by atoms with van der Waals surface area (Å²) in [6.07, 6.45) is 3.10. The largest absolute Gasteiger partial charge is 0.494 e. The number of methoxy groups -OCH3 is 1. The summed E-state index contributed by atoms with van der Waals surface area (Å²) in [7, 11) is 4.73. The van der Waals surface area contributed by atoms with Crippen LogP contribution in [0.25, 0.3) is 27.7 Å². The van der Waals surface area contributed by atoms with Gasteiger partial charge in [-0.25, -0.2) is 9.37 Å². The summed E-state index contributed by atoms with van der Waals surface area (Å²) in [6.45, 7) is 2.22. The van der Waals surface area contributed by atoms with Crippen molar-refractivity contribution >= 4 is 22.4 Å². The molecule has 0 saturated heterocycles. The predicted molar refractivity (Wildman–Crippen MR) is 140 cm³/mol. The number of ether oxygens (including phenoxy) is 2. The molecular weight excluding hydrogens is 459 g/mol. The average Bonchev–Trinajstić information content (AvgIpc) is 2.88. The first-order valence-electron chi connectivity index (χ1n) is 11.3. The van der Waals surface area contributed by atoms with E-state index in [2.05, 4.69) is 4.99 Å². The van der Waals surface area contributed by atoms with Crippen LogP contribution in [0.5, 0.6) is 5.75 Å². The van der Waals surface area contributed by atoms with Gasteiger partial charge in [0.25, 0.3) is 0 Å². The smallest absolute Gasteiger partial charge is 0.250 e. The van der Waals surface area contributed by atoms with E-state index >= 15 is 0 Å². The molecule has 0 unspecified atom stereocenters. The van der Waals surface area contributed by atoms with Crippen LogP contribution in [-0.4, -0.2) is 29.6 Å². The lowest BCUT2D eigenvalue weighted by atomic mass is 10.0. The summed E-state index contributed by atoms with van der Waals surface area (Å²) in [5.74, 6) is 0.116. The zero-order valence-corrected chi connectivity index (χ0v) is 20.6. The lowest BCUT2D eigenvalue weighted by Crippen LogP contribution is -2.17. The summed E-state index contributed by atoms with van der Waals surface area (Å²) in [5, 5.41) is 0.716. The maximum Gasteiger partial charge on any atom is 0.250 e. The molecule has 0 atom stereocenters. The van der Waals surface area contributed by atoms with Gasteiger partial charge in [-0.05, 0) is 36.2 Å². The van der Waals surface area contributed by atoms with Crippen LogP contribution < -0.4 is 16.0 Å². The lowest BCUT2D eigenvalue weighted by molar-refractivity contribution is 0.296. The number of hydrogen-bond donors (Lipinski definition) is 1. The molecule has 2 aromatic carbocycles. The number of nitrogens with zero attached hydrogens (tertiary/aromatic N) is 3. The summed E-state index contributed by atoms with van der Waals surface area (Å²) in [6, 6.07) is 16.0. The van der Waals surface area contributed by atoms with E-state index in [1.54, 1.807) is 32.4 Å². The predicted octanol–water partition coefficient (Wildman–Crippen LogP) is 4.60. The van der Waals surface area contributed by atoms with Gasteiger partial charge in [0, 0.05) is 55.1 Å². The molecule has 0 saturated carbocycles. The molecule has 0 spiro atoms. The Morgan fingerprint density at radius 3 is 2.56 bits per heavy atom. The summed E-state index contributed by atoms with van der Waals surface area (Å²) >= 11 is 0. The zero-order valence-electron chi connectivity index (χ0n) is 20.6. The Morgan fingerprint density at radius 1 is 1.17 bits per heavy atom. The quantitative estimate of drug-likeness (QED) is 0.318. The molecule has 4 rings (SSSR count). The van der Waals surface area contributed by atoms with Gasteiger partial charge in [0.1, 0.15) is 6.61 Å². The van der Waals surface area contributed by atoms with Crippen LogP contribution in [0.4, 0.5) is 4.39 Å². The molecule has 0 aliphatic heterocycles. The van der Waals surface area contributed by atoms with Crippen molar-refractivity contribution in [2.75, 3.05) is 14.2 Å². The van der Waals surface area contributed by atoms with Gasteiger partial charge in [0.15, 0.2) is 11.6 Å². The average molecular weight is 487 g/mol. The number of nitrogens with two attached hydrogens (primary N) is 1. The first-order chi connectivity index (χ1) is 17.3. The number of aliphatic imine (C=N–C) groups is 1. The van der Waals surface area contributed by atoms with Crippen LogP contribution in [0.2, 0.25) is 0 Å². The Morgan fingerprint density at radius 2 is 1.92 bits per heavy atom. The number of halogens is 1. The van der Waals surface area contributed by atoms with Crippen molar-refractivity contribution in [3.63, 3.8) is 0 Å². The molecule has 4 aromatic rings. The van der Waals surface area contributed by atoms with Crippen LogP contribution >= 0.6 is 0 Å². The normalized spacial score (nSPS) is 12.1. The van der Waals surface area contributed by atoms with Gasteiger partial charge in [-0.1, -0.05) is 24.3 Å². The number of pyridine rings is 2. The van der Waals surface area contributed by atoms with Crippen LogP contribution in [-0.2, 0) is 18.4 Å². The SMILES string of the molecule is CN=C(OCc1ccc(-c2nc3cc(OC)c(F)cc3cc2C)cc1)/C(=C\N)c1ccc(=O)n(C)c1. The third kappa shape index (κ3) is 4.98. The van der Waals surface area contributed by atoms with Gasteiger partial charge in [-0.2, -0.15) is 0 Å². The minimum Gasteiger partial charge on any atom is -0.494 e. The van der Waals surface area contributed by atoms with Crippen molar-refractivity contribution in [3.8, 4) is 17.0 Å². The van der Waals surface area contributed by atoms with E-state index in [0.29, 0.717) is 22.4 Å². The highest BCUT2D eigenvalue weighted by Crippen LogP contribution is 2.29. The van der Waals surface area contributed by atoms with Gasteiger partial charge in [0.2, 0.25) is 11.5 Å². The Kier molecular flexibility index (Phi) is 7.15. The third-order valence-electron chi connectivity index (χ3n) is 5.88. The van der Waals surface area contributed by atoms with Gasteiger partial charge < -0.3 is 19.8 Å². The number of aryl methyl sites for hydroxylation is 2. The van der Waals surface area contributed by atoms with Crippen LogP contribution in [0, 0.1) is 12.7 Å². The molecule has 0 aliphatic carbocycles. The van der Waals surface area contributed by atoms with Gasteiger partial charge >= 0.3 is 0 Å². The van der Waals surface area contributed by atoms with Crippen molar-refractivity contribution in [2.24, 2.45) is 17.8 Å². The Hall–Kier alpha value is -4.46. The van der Waals surface area contributed by atoms with Crippen molar-refractivity contribution in [1.82, 2.24) is 9.55 Å². The highest BCUT2D eigenvalue weighted by molar-refractivity contribution is 6.19. The van der Waals surface area contributed by atoms with Crippen LogP contribution in [0.3, 0.4) is 0 Å². The molecule has 2 aromatic heterocycles. The van der Waals surface area contributed by atoms with E-state index < -0.39 is 5.82 Å². The second-order valence-electron chi connectivity index (χ2n) is 8.29. The molecule has 0 aliphatic rings. The van der Waals surface area contributed by atoms with Crippen molar-refractivity contribution in [1.29, 1.82) is 0 Å². The van der Waals surface area contributed by atoms with E-state index in [4.69, 9.17) is 20.2 Å². The molecular formula is C28H27FN4O3. The first-order valence-corrected chi connectivity index (χ1v) is 11.3. The van der Waals surface area contributed by atoms with Crippen molar-refractivity contribution in [3.05, 3.63) is 99.9 Å². The fourth-order valence-corrected chi connectivity index (χ4v) is 3.95.